The molecule has 4 rings (SSSR count). The van der Waals surface area contributed by atoms with Crippen LogP contribution >= 0.6 is 0 Å². The van der Waals surface area contributed by atoms with Gasteiger partial charge in [-0.25, -0.2) is 13.4 Å². The van der Waals surface area contributed by atoms with E-state index in [9.17, 15) is 8.42 Å². The summed E-state index contributed by atoms with van der Waals surface area (Å²) in [6.45, 7) is 0.0820. The van der Waals surface area contributed by atoms with E-state index in [1.165, 1.54) is 0 Å². The highest BCUT2D eigenvalue weighted by Crippen LogP contribution is 2.21. The zero-order valence-electron chi connectivity index (χ0n) is 15.0. The smallest absolute Gasteiger partial charge is 0.236 e. The first kappa shape index (κ1) is 18.1. The summed E-state index contributed by atoms with van der Waals surface area (Å²) in [6, 6.07) is 22.1. The average Bonchev–Trinajstić information content (AvgIpc) is 3.13. The molecule has 1 N–H and O–H groups in total. The van der Waals surface area contributed by atoms with Crippen molar-refractivity contribution >= 4 is 21.4 Å². The number of para-hydroxylation sites is 1. The quantitative estimate of drug-likeness (QED) is 0.518. The molecule has 0 radical (unpaired) electrons. The Balaban J connectivity index is 1.39. The van der Waals surface area contributed by atoms with Gasteiger partial charge in [-0.05, 0) is 36.4 Å². The van der Waals surface area contributed by atoms with Crippen molar-refractivity contribution in [3.63, 3.8) is 0 Å². The summed E-state index contributed by atoms with van der Waals surface area (Å²) < 4.78 is 34.5. The Morgan fingerprint density at radius 1 is 0.929 bits per heavy atom. The number of hydrogen-bond donors (Lipinski definition) is 1. The molecule has 0 bridgehead atoms. The molecule has 0 unspecified atom stereocenters. The van der Waals surface area contributed by atoms with Crippen LogP contribution in [0.5, 0.6) is 5.75 Å². The summed E-state index contributed by atoms with van der Waals surface area (Å²) >= 11 is 0. The molecule has 7 heteroatoms. The van der Waals surface area contributed by atoms with Gasteiger partial charge in [-0.3, -0.25) is 4.72 Å². The molecule has 0 aliphatic heterocycles. The number of aromatic nitrogens is 2. The molecule has 0 fully saturated rings. The van der Waals surface area contributed by atoms with Gasteiger partial charge in [0.25, 0.3) is 0 Å². The number of hydrogen-bond acceptors (Lipinski definition) is 4. The SMILES string of the molecule is O=S(=O)(CCOc1ccccc1)Nc1ccc(-c2cn3ccccc3n2)cc1. The maximum Gasteiger partial charge on any atom is 0.236 e. The van der Waals surface area contributed by atoms with Gasteiger partial charge in [-0.1, -0.05) is 36.4 Å². The van der Waals surface area contributed by atoms with Crippen molar-refractivity contribution in [3.8, 4) is 17.0 Å². The standard InChI is InChI=1S/C21H19N3O3S/c25-28(26,15-14-27-19-6-2-1-3-7-19)23-18-11-9-17(10-12-18)20-16-24-13-5-4-8-21(24)22-20/h1-13,16,23H,14-15H2. The molecule has 0 aliphatic carbocycles. The molecule has 142 valence electrons. The average molecular weight is 393 g/mol. The van der Waals surface area contributed by atoms with Gasteiger partial charge in [0.2, 0.25) is 10.0 Å². The van der Waals surface area contributed by atoms with E-state index in [1.54, 1.807) is 24.3 Å². The molecule has 0 spiro atoms. The molecule has 28 heavy (non-hydrogen) atoms. The monoisotopic (exact) mass is 393 g/mol. The van der Waals surface area contributed by atoms with Gasteiger partial charge in [0.1, 0.15) is 23.8 Å². The van der Waals surface area contributed by atoms with Gasteiger partial charge in [0.05, 0.1) is 5.69 Å². The van der Waals surface area contributed by atoms with Crippen molar-refractivity contribution in [1.82, 2.24) is 9.38 Å². The summed E-state index contributed by atoms with van der Waals surface area (Å²) in [7, 11) is -3.50. The first-order chi connectivity index (χ1) is 13.6. The Bertz CT molecular complexity index is 1140. The van der Waals surface area contributed by atoms with E-state index in [-0.39, 0.29) is 12.4 Å². The number of imidazole rings is 1. The van der Waals surface area contributed by atoms with Crippen molar-refractivity contribution in [2.75, 3.05) is 17.1 Å². The molecule has 4 aromatic rings. The van der Waals surface area contributed by atoms with Crippen LogP contribution < -0.4 is 9.46 Å². The Kier molecular flexibility index (Phi) is 4.99. The number of sulfonamides is 1. The van der Waals surface area contributed by atoms with Crippen LogP contribution in [0.1, 0.15) is 0 Å². The minimum absolute atomic E-state index is 0.0820. The van der Waals surface area contributed by atoms with Gasteiger partial charge >= 0.3 is 0 Å². The second kappa shape index (κ2) is 7.74. The molecule has 0 aliphatic rings. The fraction of sp³-hybridized carbons (Fsp3) is 0.0952. The molecular weight excluding hydrogens is 374 g/mol. The van der Waals surface area contributed by atoms with Crippen LogP contribution in [0.25, 0.3) is 16.9 Å². The third-order valence-electron chi connectivity index (χ3n) is 4.18. The van der Waals surface area contributed by atoms with Gasteiger partial charge in [0, 0.05) is 23.6 Å². The van der Waals surface area contributed by atoms with Crippen molar-refractivity contribution in [2.45, 2.75) is 0 Å². The summed E-state index contributed by atoms with van der Waals surface area (Å²) in [5.41, 5.74) is 3.11. The van der Waals surface area contributed by atoms with E-state index < -0.39 is 10.0 Å². The van der Waals surface area contributed by atoms with E-state index >= 15 is 0 Å². The number of fused-ring (bicyclic) bond motifs is 1. The van der Waals surface area contributed by atoms with Crippen molar-refractivity contribution in [1.29, 1.82) is 0 Å². The normalized spacial score (nSPS) is 11.4. The largest absolute Gasteiger partial charge is 0.492 e. The fourth-order valence-corrected chi connectivity index (χ4v) is 3.70. The van der Waals surface area contributed by atoms with Gasteiger partial charge in [0.15, 0.2) is 0 Å². The molecular formula is C21H19N3O3S. The van der Waals surface area contributed by atoms with Crippen LogP contribution in [0, 0.1) is 0 Å². The lowest BCUT2D eigenvalue weighted by Crippen LogP contribution is -2.21. The molecule has 0 atom stereocenters. The van der Waals surface area contributed by atoms with Crippen LogP contribution in [0.2, 0.25) is 0 Å². The Morgan fingerprint density at radius 3 is 2.43 bits per heavy atom. The topological polar surface area (TPSA) is 72.7 Å². The van der Waals surface area contributed by atoms with Crippen LogP contribution in [-0.4, -0.2) is 30.2 Å². The molecule has 0 saturated heterocycles. The van der Waals surface area contributed by atoms with E-state index in [2.05, 4.69) is 9.71 Å². The van der Waals surface area contributed by atoms with Crippen LogP contribution in [0.3, 0.4) is 0 Å². The highest BCUT2D eigenvalue weighted by atomic mass is 32.2. The first-order valence-electron chi connectivity index (χ1n) is 8.82. The number of pyridine rings is 1. The van der Waals surface area contributed by atoms with Crippen molar-refractivity contribution in [2.24, 2.45) is 0 Å². The number of nitrogens with one attached hydrogen (secondary N) is 1. The third-order valence-corrected chi connectivity index (χ3v) is 5.43. The molecule has 2 aromatic carbocycles. The Labute approximate surface area is 163 Å². The van der Waals surface area contributed by atoms with Crippen molar-refractivity contribution < 1.29 is 13.2 Å². The zero-order valence-corrected chi connectivity index (χ0v) is 15.8. The van der Waals surface area contributed by atoms with Gasteiger partial charge < -0.3 is 9.14 Å². The second-order valence-corrected chi connectivity index (χ2v) is 8.09. The maximum absolute atomic E-state index is 12.3. The fourth-order valence-electron chi connectivity index (χ4n) is 2.80. The molecule has 6 nitrogen and oxygen atoms in total. The minimum atomic E-state index is -3.50. The molecule has 2 aromatic heterocycles. The lowest BCUT2D eigenvalue weighted by molar-refractivity contribution is 0.341. The summed E-state index contributed by atoms with van der Waals surface area (Å²) in [5.74, 6) is 0.519. The van der Waals surface area contributed by atoms with Crippen molar-refractivity contribution in [3.05, 3.63) is 85.2 Å². The van der Waals surface area contributed by atoms with Crippen LogP contribution in [-0.2, 0) is 10.0 Å². The number of rotatable bonds is 7. The van der Waals surface area contributed by atoms with E-state index in [1.807, 2.05) is 65.3 Å². The number of benzene rings is 2. The summed E-state index contributed by atoms with van der Waals surface area (Å²) in [6.07, 6.45) is 3.88. The summed E-state index contributed by atoms with van der Waals surface area (Å²) in [5, 5.41) is 0. The molecule has 0 saturated carbocycles. The number of ether oxygens (including phenoxy) is 1. The molecule has 2 heterocycles. The zero-order chi connectivity index (χ0) is 19.4. The lowest BCUT2D eigenvalue weighted by Gasteiger charge is -2.09. The summed E-state index contributed by atoms with van der Waals surface area (Å²) in [4.78, 5) is 4.56. The van der Waals surface area contributed by atoms with Gasteiger partial charge in [-0.2, -0.15) is 0 Å². The second-order valence-electron chi connectivity index (χ2n) is 6.25. The van der Waals surface area contributed by atoms with E-state index in [0.29, 0.717) is 11.4 Å². The number of nitrogens with zero attached hydrogens (tertiary/aromatic N) is 2. The molecule has 0 amide bonds. The van der Waals surface area contributed by atoms with E-state index in [4.69, 9.17) is 4.74 Å². The van der Waals surface area contributed by atoms with Gasteiger partial charge in [-0.15, -0.1) is 0 Å². The van der Waals surface area contributed by atoms with Crippen LogP contribution in [0.15, 0.2) is 85.2 Å². The first-order valence-corrected chi connectivity index (χ1v) is 10.5. The predicted octanol–water partition coefficient (Wildman–Crippen LogP) is 3.82. The lowest BCUT2D eigenvalue weighted by atomic mass is 10.1. The van der Waals surface area contributed by atoms with E-state index in [0.717, 1.165) is 16.9 Å². The highest BCUT2D eigenvalue weighted by Gasteiger charge is 2.11. The highest BCUT2D eigenvalue weighted by molar-refractivity contribution is 7.92. The predicted molar refractivity (Wildman–Crippen MR) is 110 cm³/mol. The maximum atomic E-state index is 12.3. The Hall–Kier alpha value is -3.32. The number of anilines is 1. The Morgan fingerprint density at radius 2 is 1.68 bits per heavy atom. The third kappa shape index (κ3) is 4.32. The minimum Gasteiger partial charge on any atom is -0.492 e. The van der Waals surface area contributed by atoms with Crippen LogP contribution in [0.4, 0.5) is 5.69 Å².